The molecule has 1 aromatic carbocycles. The zero-order chi connectivity index (χ0) is 27.6. The molecular formula is C26H29N5O5S2. The summed E-state index contributed by atoms with van der Waals surface area (Å²) in [6, 6.07) is 7.53. The SMILES string of the molecule is CCOC(=O)CSc1nnc(N2C(N)=C(C#N)C(c3cc(OC)ccc3OC)C3=C2CC(C)(C)CC3=O)s1. The van der Waals surface area contributed by atoms with Crippen LogP contribution >= 0.6 is 23.1 Å². The molecule has 0 saturated carbocycles. The average Bonchev–Trinajstić information content (AvgIpc) is 3.34. The van der Waals surface area contributed by atoms with E-state index in [0.29, 0.717) is 57.3 Å². The van der Waals surface area contributed by atoms with Gasteiger partial charge in [-0.05, 0) is 37.0 Å². The van der Waals surface area contributed by atoms with Crippen LogP contribution in [0, 0.1) is 16.7 Å². The van der Waals surface area contributed by atoms with Gasteiger partial charge in [-0.15, -0.1) is 10.2 Å². The van der Waals surface area contributed by atoms with Crippen molar-refractivity contribution in [1.29, 1.82) is 5.26 Å². The highest BCUT2D eigenvalue weighted by molar-refractivity contribution is 8.01. The van der Waals surface area contributed by atoms with Gasteiger partial charge in [0.2, 0.25) is 5.13 Å². The molecule has 4 rings (SSSR count). The number of methoxy groups -OCH3 is 2. The molecule has 38 heavy (non-hydrogen) atoms. The number of nitrogens with zero attached hydrogens (tertiary/aromatic N) is 4. The van der Waals surface area contributed by atoms with Crippen LogP contribution in [0.3, 0.4) is 0 Å². The van der Waals surface area contributed by atoms with Gasteiger partial charge in [0.15, 0.2) is 10.1 Å². The summed E-state index contributed by atoms with van der Waals surface area (Å²) in [7, 11) is 3.09. The number of nitriles is 1. The molecule has 200 valence electrons. The molecule has 12 heteroatoms. The number of aromatic nitrogens is 2. The predicted molar refractivity (Wildman–Crippen MR) is 144 cm³/mol. The van der Waals surface area contributed by atoms with Gasteiger partial charge in [0.05, 0.1) is 44.1 Å². The fourth-order valence-electron chi connectivity index (χ4n) is 4.78. The van der Waals surface area contributed by atoms with Crippen LogP contribution < -0.4 is 20.1 Å². The maximum Gasteiger partial charge on any atom is 0.316 e. The second-order valence-corrected chi connectivity index (χ2v) is 11.7. The van der Waals surface area contributed by atoms with E-state index in [0.717, 1.165) is 0 Å². The number of Topliss-reactive ketones (excluding diaryl/α,β-unsaturated/α-hetero) is 1. The number of nitrogens with two attached hydrogens (primary N) is 1. The molecule has 2 N–H and O–H groups in total. The normalized spacial score (nSPS) is 18.7. The minimum Gasteiger partial charge on any atom is -0.497 e. The van der Waals surface area contributed by atoms with Crippen LogP contribution in [0.2, 0.25) is 0 Å². The van der Waals surface area contributed by atoms with E-state index in [9.17, 15) is 14.9 Å². The van der Waals surface area contributed by atoms with Crippen molar-refractivity contribution in [2.45, 2.75) is 43.9 Å². The van der Waals surface area contributed by atoms with Gasteiger partial charge in [-0.25, -0.2) is 0 Å². The third-order valence-corrected chi connectivity index (χ3v) is 8.35. The minimum atomic E-state index is -0.731. The Morgan fingerprint density at radius 2 is 2.05 bits per heavy atom. The first-order valence-corrected chi connectivity index (χ1v) is 13.7. The number of anilines is 1. The van der Waals surface area contributed by atoms with E-state index in [2.05, 4.69) is 16.3 Å². The summed E-state index contributed by atoms with van der Waals surface area (Å²) in [6.45, 7) is 6.09. The number of ketones is 1. The maximum absolute atomic E-state index is 13.8. The molecule has 1 unspecified atom stereocenters. The number of esters is 1. The molecule has 2 heterocycles. The minimum absolute atomic E-state index is 0.0715. The molecule has 0 spiro atoms. The van der Waals surface area contributed by atoms with Crippen molar-refractivity contribution in [2.24, 2.45) is 11.1 Å². The molecule has 0 fully saturated rings. The average molecular weight is 556 g/mol. The number of hydrogen-bond acceptors (Lipinski definition) is 12. The summed E-state index contributed by atoms with van der Waals surface area (Å²) in [6.07, 6.45) is 0.846. The second-order valence-electron chi connectivity index (χ2n) is 9.53. The van der Waals surface area contributed by atoms with Crippen LogP contribution in [-0.2, 0) is 14.3 Å². The van der Waals surface area contributed by atoms with E-state index in [1.807, 2.05) is 13.8 Å². The van der Waals surface area contributed by atoms with Crippen LogP contribution in [0.15, 0.2) is 45.2 Å². The van der Waals surface area contributed by atoms with Gasteiger partial charge in [-0.2, -0.15) is 5.26 Å². The van der Waals surface area contributed by atoms with Gasteiger partial charge in [-0.1, -0.05) is 36.9 Å². The van der Waals surface area contributed by atoms with E-state index >= 15 is 0 Å². The number of ether oxygens (including phenoxy) is 3. The van der Waals surface area contributed by atoms with Crippen LogP contribution in [0.5, 0.6) is 11.5 Å². The summed E-state index contributed by atoms with van der Waals surface area (Å²) in [4.78, 5) is 27.2. The monoisotopic (exact) mass is 555 g/mol. The summed E-state index contributed by atoms with van der Waals surface area (Å²) in [5.74, 6) is 0.195. The molecule has 1 aliphatic carbocycles. The van der Waals surface area contributed by atoms with Crippen molar-refractivity contribution in [1.82, 2.24) is 10.2 Å². The summed E-state index contributed by atoms with van der Waals surface area (Å²) < 4.78 is 16.6. The zero-order valence-corrected chi connectivity index (χ0v) is 23.5. The Kier molecular flexibility index (Phi) is 7.99. The Morgan fingerprint density at radius 3 is 2.71 bits per heavy atom. The number of benzene rings is 1. The van der Waals surface area contributed by atoms with Crippen molar-refractivity contribution in [3.8, 4) is 17.6 Å². The predicted octanol–water partition coefficient (Wildman–Crippen LogP) is 4.15. The Labute approximate surface area is 229 Å². The van der Waals surface area contributed by atoms with E-state index in [4.69, 9.17) is 19.9 Å². The third kappa shape index (κ3) is 5.21. The Bertz CT molecular complexity index is 1370. The Morgan fingerprint density at radius 1 is 1.29 bits per heavy atom. The molecule has 1 atom stereocenters. The van der Waals surface area contributed by atoms with Crippen molar-refractivity contribution < 1.29 is 23.8 Å². The maximum atomic E-state index is 13.8. The molecule has 2 aromatic rings. The quantitative estimate of drug-likeness (QED) is 0.371. The third-order valence-electron chi connectivity index (χ3n) is 6.33. The molecule has 0 bridgehead atoms. The first-order chi connectivity index (χ1) is 18.1. The lowest BCUT2D eigenvalue weighted by molar-refractivity contribution is -0.139. The highest BCUT2D eigenvalue weighted by Crippen LogP contribution is 2.52. The molecule has 1 aliphatic heterocycles. The number of allylic oxidation sites excluding steroid dienone is 3. The van der Waals surface area contributed by atoms with E-state index in [1.54, 1.807) is 37.1 Å². The molecule has 10 nitrogen and oxygen atoms in total. The summed E-state index contributed by atoms with van der Waals surface area (Å²) in [5.41, 5.74) is 8.34. The summed E-state index contributed by atoms with van der Waals surface area (Å²) >= 11 is 2.43. The highest BCUT2D eigenvalue weighted by Gasteiger charge is 2.46. The van der Waals surface area contributed by atoms with Crippen molar-refractivity contribution >= 4 is 40.0 Å². The van der Waals surface area contributed by atoms with Crippen molar-refractivity contribution in [2.75, 3.05) is 31.5 Å². The van der Waals surface area contributed by atoms with Crippen LogP contribution in [-0.4, -0.2) is 48.5 Å². The molecule has 0 saturated heterocycles. The topological polar surface area (TPSA) is 141 Å². The van der Waals surface area contributed by atoms with Gasteiger partial charge in [0, 0.05) is 23.3 Å². The van der Waals surface area contributed by atoms with E-state index in [-0.39, 0.29) is 34.3 Å². The van der Waals surface area contributed by atoms with Crippen LogP contribution in [0.25, 0.3) is 0 Å². The van der Waals surface area contributed by atoms with Crippen molar-refractivity contribution in [3.05, 3.63) is 46.4 Å². The standard InChI is InChI=1S/C26H29N5O5S2/c1-6-36-20(33)13-37-25-30-29-24(38-25)31-17-10-26(2,3)11-18(32)22(17)21(16(12-27)23(31)28)15-9-14(34-4)7-8-19(15)35-5/h7-9,21H,6,10-11,13,28H2,1-5H3. The van der Waals surface area contributed by atoms with Crippen molar-refractivity contribution in [3.63, 3.8) is 0 Å². The molecular weight excluding hydrogens is 526 g/mol. The lowest BCUT2D eigenvalue weighted by Crippen LogP contribution is -2.42. The van der Waals surface area contributed by atoms with Gasteiger partial charge >= 0.3 is 5.97 Å². The van der Waals surface area contributed by atoms with Crippen LogP contribution in [0.1, 0.15) is 45.1 Å². The number of carbonyl (C=O) groups excluding carboxylic acids is 2. The summed E-state index contributed by atoms with van der Waals surface area (Å²) in [5, 5.41) is 19.3. The second kappa shape index (κ2) is 11.0. The molecule has 0 amide bonds. The fraction of sp³-hybridized carbons (Fsp3) is 0.423. The lowest BCUT2D eigenvalue weighted by Gasteiger charge is -2.42. The Balaban J connectivity index is 1.86. The first-order valence-electron chi connectivity index (χ1n) is 11.9. The fourth-order valence-corrected chi connectivity index (χ4v) is 6.46. The number of hydrogen-bond donors (Lipinski definition) is 1. The highest BCUT2D eigenvalue weighted by atomic mass is 32.2. The van der Waals surface area contributed by atoms with Gasteiger partial charge in [0.25, 0.3) is 0 Å². The largest absolute Gasteiger partial charge is 0.497 e. The van der Waals surface area contributed by atoms with Gasteiger partial charge < -0.3 is 19.9 Å². The molecule has 1 aromatic heterocycles. The molecule has 0 radical (unpaired) electrons. The van der Waals surface area contributed by atoms with Crippen LogP contribution in [0.4, 0.5) is 5.13 Å². The van der Waals surface area contributed by atoms with E-state index in [1.165, 1.54) is 30.2 Å². The van der Waals surface area contributed by atoms with E-state index < -0.39 is 5.92 Å². The smallest absolute Gasteiger partial charge is 0.316 e. The number of carbonyl (C=O) groups is 2. The Hall–Kier alpha value is -3.56. The first kappa shape index (κ1) is 27.5. The molecule has 2 aliphatic rings. The number of thioether (sulfide) groups is 1. The number of rotatable bonds is 8. The van der Waals surface area contributed by atoms with Gasteiger partial charge in [0.1, 0.15) is 17.3 Å². The lowest BCUT2D eigenvalue weighted by atomic mass is 9.68. The zero-order valence-electron chi connectivity index (χ0n) is 21.9. The van der Waals surface area contributed by atoms with Gasteiger partial charge in [-0.3, -0.25) is 14.5 Å².